The molecule has 0 aliphatic rings. The summed E-state index contributed by atoms with van der Waals surface area (Å²) in [7, 11) is 0. The third-order valence-electron chi connectivity index (χ3n) is 10.2. The Bertz CT molecular complexity index is 3090. The smallest absolute Gasteiger partial charge is 0.0998 e. The fourth-order valence-corrected chi connectivity index (χ4v) is 10.6. The topological polar surface area (TPSA) is 52.0 Å². The van der Waals surface area contributed by atoms with E-state index in [1.54, 1.807) is 22.7 Å². The Kier molecular flexibility index (Phi) is 5.28. The molecule has 0 bridgehead atoms. The summed E-state index contributed by atoms with van der Waals surface area (Å²) in [4.78, 5) is 0. The van der Waals surface area contributed by atoms with Crippen LogP contribution in [0.4, 0.5) is 0 Å². The summed E-state index contributed by atoms with van der Waals surface area (Å²) in [5.41, 5.74) is 8.41. The van der Waals surface area contributed by atoms with Crippen LogP contribution >= 0.6 is 22.7 Å². The van der Waals surface area contributed by atoms with E-state index in [2.05, 4.69) is 132 Å². The van der Waals surface area contributed by atoms with E-state index in [-0.39, 0.29) is 0 Å². The Hall–Kier alpha value is -6.24. The van der Waals surface area contributed by atoms with Gasteiger partial charge in [-0.25, -0.2) is 0 Å². The van der Waals surface area contributed by atoms with Gasteiger partial charge in [0.15, 0.2) is 0 Å². The van der Waals surface area contributed by atoms with Crippen molar-refractivity contribution in [1.82, 2.24) is 4.40 Å². The van der Waals surface area contributed by atoms with Crippen molar-refractivity contribution >= 4 is 101 Å². The third kappa shape index (κ3) is 3.48. The van der Waals surface area contributed by atoms with E-state index in [0.29, 0.717) is 11.1 Å². The summed E-state index contributed by atoms with van der Waals surface area (Å²) >= 11 is 3.56. The van der Waals surface area contributed by atoms with Crippen LogP contribution in [0.2, 0.25) is 0 Å². The van der Waals surface area contributed by atoms with Gasteiger partial charge in [0.05, 0.1) is 39.8 Å². The second kappa shape index (κ2) is 9.66. The number of fused-ring (bicyclic) bond motifs is 12. The largest absolute Gasteiger partial charge is 0.308 e. The van der Waals surface area contributed by atoms with Gasteiger partial charge in [-0.3, -0.25) is 0 Å². The maximum Gasteiger partial charge on any atom is 0.0998 e. The maximum atomic E-state index is 10.6. The molecule has 0 saturated heterocycles. The van der Waals surface area contributed by atoms with Crippen LogP contribution in [0.25, 0.3) is 101 Å². The lowest BCUT2D eigenvalue weighted by molar-refractivity contribution is 1.36. The molecule has 0 atom stereocenters. The quantitative estimate of drug-likeness (QED) is 0.186. The fraction of sp³-hybridized carbons (Fsp3) is 0. The van der Waals surface area contributed by atoms with Gasteiger partial charge < -0.3 is 4.40 Å². The Morgan fingerprint density at radius 2 is 0.837 bits per heavy atom. The molecule has 0 fully saturated rings. The molecule has 0 N–H and O–H groups in total. The Balaban J connectivity index is 1.20. The van der Waals surface area contributed by atoms with Gasteiger partial charge in [-0.1, -0.05) is 91.0 Å². The second-order valence-electron chi connectivity index (χ2n) is 12.7. The van der Waals surface area contributed by atoms with Crippen LogP contribution in [-0.4, -0.2) is 4.40 Å². The number of para-hydroxylation sites is 1. The van der Waals surface area contributed by atoms with Crippen molar-refractivity contribution in [2.75, 3.05) is 0 Å². The van der Waals surface area contributed by atoms with Crippen LogP contribution in [0.1, 0.15) is 11.1 Å². The average molecular weight is 656 g/mol. The van der Waals surface area contributed by atoms with Crippen molar-refractivity contribution in [1.29, 1.82) is 10.5 Å². The summed E-state index contributed by atoms with van der Waals surface area (Å²) in [6, 6.07) is 50.0. The standard InChI is InChI=1S/C44H21N3S2/c45-22-24-18-38-36(20-34(24)32-14-6-12-30-26-8-1-3-16-40(26)48-43(30)32)28-10-5-11-29-37-21-35(25(23-46)19-39(37)47(38)42(28)29)33-15-7-13-31-27-9-2-4-17-41(27)49-44(31)33/h1-21H. The predicted octanol–water partition coefficient (Wildman–Crippen LogP) is 12.6. The monoisotopic (exact) mass is 655 g/mol. The van der Waals surface area contributed by atoms with E-state index in [9.17, 15) is 10.5 Å². The minimum absolute atomic E-state index is 0.639. The van der Waals surface area contributed by atoms with Crippen LogP contribution in [0, 0.1) is 22.7 Å². The zero-order valence-electron chi connectivity index (χ0n) is 25.8. The number of thiophene rings is 2. The molecule has 11 rings (SSSR count). The van der Waals surface area contributed by atoms with Crippen molar-refractivity contribution < 1.29 is 0 Å². The molecule has 0 aliphatic heterocycles. The Morgan fingerprint density at radius 1 is 0.408 bits per heavy atom. The highest BCUT2D eigenvalue weighted by atomic mass is 32.1. The van der Waals surface area contributed by atoms with Crippen LogP contribution < -0.4 is 0 Å². The molecule has 0 spiro atoms. The maximum absolute atomic E-state index is 10.6. The summed E-state index contributed by atoms with van der Waals surface area (Å²) in [5.74, 6) is 0. The minimum atomic E-state index is 0.639. The Morgan fingerprint density at radius 3 is 1.33 bits per heavy atom. The van der Waals surface area contributed by atoms with Gasteiger partial charge in [-0.05, 0) is 36.4 Å². The normalized spacial score (nSPS) is 12.0. The predicted molar refractivity (Wildman–Crippen MR) is 207 cm³/mol. The molecule has 49 heavy (non-hydrogen) atoms. The molecule has 5 heteroatoms. The molecule has 0 saturated carbocycles. The zero-order chi connectivity index (χ0) is 32.4. The van der Waals surface area contributed by atoms with Crippen molar-refractivity contribution in [3.8, 4) is 34.4 Å². The van der Waals surface area contributed by atoms with E-state index in [4.69, 9.17) is 0 Å². The number of hydrogen-bond donors (Lipinski definition) is 0. The van der Waals surface area contributed by atoms with E-state index in [1.807, 2.05) is 12.1 Å². The van der Waals surface area contributed by atoms with Crippen LogP contribution in [0.3, 0.4) is 0 Å². The van der Waals surface area contributed by atoms with E-state index < -0.39 is 0 Å². The van der Waals surface area contributed by atoms with Crippen molar-refractivity contribution in [2.24, 2.45) is 0 Å². The highest BCUT2D eigenvalue weighted by molar-refractivity contribution is 7.26. The number of nitriles is 2. The molecule has 0 unspecified atom stereocenters. The van der Waals surface area contributed by atoms with Gasteiger partial charge in [-0.2, -0.15) is 10.5 Å². The van der Waals surface area contributed by atoms with Crippen molar-refractivity contribution in [2.45, 2.75) is 0 Å². The highest BCUT2D eigenvalue weighted by Crippen LogP contribution is 2.47. The molecule has 4 aromatic heterocycles. The molecule has 0 radical (unpaired) electrons. The Labute approximate surface area is 287 Å². The first kappa shape index (κ1) is 26.8. The number of hydrogen-bond acceptors (Lipinski definition) is 4. The van der Waals surface area contributed by atoms with E-state index >= 15 is 0 Å². The SMILES string of the molecule is N#Cc1cc2c(cc1-c1cccc3c1sc1ccccc13)c1cccc3c4cc(-c5cccc6c5sc5ccccc56)c(C#N)cc4n2c13. The fourth-order valence-electron chi connectivity index (χ4n) is 8.12. The number of benzene rings is 7. The molecule has 4 heterocycles. The first-order chi connectivity index (χ1) is 24.2. The first-order valence-electron chi connectivity index (χ1n) is 16.1. The summed E-state index contributed by atoms with van der Waals surface area (Å²) < 4.78 is 7.15. The van der Waals surface area contributed by atoms with Crippen LogP contribution in [0.5, 0.6) is 0 Å². The zero-order valence-corrected chi connectivity index (χ0v) is 27.4. The summed E-state index contributed by atoms with van der Waals surface area (Å²) in [5, 5.41) is 30.6. The highest BCUT2D eigenvalue weighted by Gasteiger charge is 2.23. The molecule has 7 aromatic carbocycles. The number of aromatic nitrogens is 1. The van der Waals surface area contributed by atoms with Gasteiger partial charge in [0, 0.05) is 84.1 Å². The average Bonchev–Trinajstić information content (AvgIpc) is 3.90. The lowest BCUT2D eigenvalue weighted by atomic mass is 9.95. The molecule has 0 aliphatic carbocycles. The van der Waals surface area contributed by atoms with Crippen LogP contribution in [0.15, 0.2) is 127 Å². The summed E-state index contributed by atoms with van der Waals surface area (Å²) in [6.07, 6.45) is 0. The van der Waals surface area contributed by atoms with Gasteiger partial charge >= 0.3 is 0 Å². The van der Waals surface area contributed by atoms with Gasteiger partial charge in [0.1, 0.15) is 0 Å². The molecule has 3 nitrogen and oxygen atoms in total. The number of nitrogens with zero attached hydrogens (tertiary/aromatic N) is 3. The van der Waals surface area contributed by atoms with Crippen LogP contribution in [-0.2, 0) is 0 Å². The first-order valence-corrected chi connectivity index (χ1v) is 17.8. The lowest BCUT2D eigenvalue weighted by Crippen LogP contribution is -1.90. The van der Waals surface area contributed by atoms with Gasteiger partial charge in [0.2, 0.25) is 0 Å². The van der Waals surface area contributed by atoms with Gasteiger partial charge in [-0.15, -0.1) is 22.7 Å². The van der Waals surface area contributed by atoms with Crippen molar-refractivity contribution in [3.63, 3.8) is 0 Å². The van der Waals surface area contributed by atoms with E-state index in [1.165, 1.54) is 40.3 Å². The van der Waals surface area contributed by atoms with Crippen molar-refractivity contribution in [3.05, 3.63) is 139 Å². The molecule has 0 amide bonds. The third-order valence-corrected chi connectivity index (χ3v) is 12.7. The van der Waals surface area contributed by atoms with Gasteiger partial charge in [0.25, 0.3) is 0 Å². The molecular formula is C44H21N3S2. The minimum Gasteiger partial charge on any atom is -0.308 e. The molecule has 11 aromatic rings. The van der Waals surface area contributed by atoms with E-state index in [0.717, 1.165) is 60.3 Å². The lowest BCUT2D eigenvalue weighted by Gasteiger charge is -2.09. The molecule has 224 valence electrons. The molecular weight excluding hydrogens is 635 g/mol. The number of rotatable bonds is 2. The summed E-state index contributed by atoms with van der Waals surface area (Å²) in [6.45, 7) is 0. The second-order valence-corrected chi connectivity index (χ2v) is 14.8.